The highest BCUT2D eigenvalue weighted by atomic mass is 32.1. The third-order valence-electron chi connectivity index (χ3n) is 2.92. The van der Waals surface area contributed by atoms with E-state index in [1.165, 1.54) is 6.07 Å². The van der Waals surface area contributed by atoms with Crippen molar-refractivity contribution in [2.75, 3.05) is 5.32 Å². The van der Waals surface area contributed by atoms with Crippen LogP contribution in [0.2, 0.25) is 0 Å². The fraction of sp³-hybridized carbons (Fsp3) is 0.357. The largest absolute Gasteiger partial charge is 0.375 e. The summed E-state index contributed by atoms with van der Waals surface area (Å²) in [6, 6.07) is 5.17. The Bertz CT molecular complexity index is 543. The predicted octanol–water partition coefficient (Wildman–Crippen LogP) is 4.38. The van der Waals surface area contributed by atoms with Crippen molar-refractivity contribution in [2.45, 2.75) is 33.7 Å². The first-order valence-corrected chi connectivity index (χ1v) is 6.76. The first-order chi connectivity index (χ1) is 8.49. The Morgan fingerprint density at radius 1 is 1.28 bits per heavy atom. The molecule has 0 aliphatic heterocycles. The molecule has 0 saturated heterocycles. The predicted molar refractivity (Wildman–Crippen MR) is 74.8 cm³/mol. The number of halogens is 1. The Morgan fingerprint density at radius 2 is 2.00 bits per heavy atom. The van der Waals surface area contributed by atoms with Crippen molar-refractivity contribution in [3.05, 3.63) is 45.2 Å². The van der Waals surface area contributed by atoms with Gasteiger partial charge in [-0.25, -0.2) is 9.37 Å². The Morgan fingerprint density at radius 3 is 2.56 bits per heavy atom. The van der Waals surface area contributed by atoms with Crippen LogP contribution in [0.3, 0.4) is 0 Å². The summed E-state index contributed by atoms with van der Waals surface area (Å²) in [6.45, 7) is 7.92. The molecule has 0 spiro atoms. The van der Waals surface area contributed by atoms with Gasteiger partial charge in [0.05, 0.1) is 22.4 Å². The lowest BCUT2D eigenvalue weighted by molar-refractivity contribution is 0.626. The monoisotopic (exact) mass is 264 g/mol. The van der Waals surface area contributed by atoms with Crippen LogP contribution in [-0.4, -0.2) is 4.98 Å². The van der Waals surface area contributed by atoms with Crippen molar-refractivity contribution in [1.29, 1.82) is 0 Å². The highest BCUT2D eigenvalue weighted by Gasteiger charge is 2.15. The van der Waals surface area contributed by atoms with Crippen LogP contribution in [0.25, 0.3) is 0 Å². The van der Waals surface area contributed by atoms with E-state index in [2.05, 4.69) is 10.3 Å². The van der Waals surface area contributed by atoms with Gasteiger partial charge in [-0.15, -0.1) is 11.3 Å². The lowest BCUT2D eigenvalue weighted by Gasteiger charge is -2.16. The maximum Gasteiger partial charge on any atom is 0.146 e. The number of thiazole rings is 1. The molecule has 2 rings (SSSR count). The van der Waals surface area contributed by atoms with Crippen LogP contribution in [0, 0.1) is 26.6 Å². The fourth-order valence-electron chi connectivity index (χ4n) is 2.05. The summed E-state index contributed by atoms with van der Waals surface area (Å²) in [4.78, 5) is 5.57. The number of hydrogen-bond acceptors (Lipinski definition) is 3. The summed E-state index contributed by atoms with van der Waals surface area (Å²) in [5.74, 6) is -0.208. The van der Waals surface area contributed by atoms with Crippen LogP contribution in [-0.2, 0) is 0 Å². The van der Waals surface area contributed by atoms with Crippen LogP contribution < -0.4 is 5.32 Å². The average Bonchev–Trinajstić information content (AvgIpc) is 2.63. The maximum atomic E-state index is 13.8. The zero-order valence-corrected chi connectivity index (χ0v) is 11.9. The summed E-state index contributed by atoms with van der Waals surface area (Å²) < 4.78 is 13.8. The van der Waals surface area contributed by atoms with E-state index in [0.29, 0.717) is 5.69 Å². The summed E-state index contributed by atoms with van der Waals surface area (Å²) in [5, 5.41) is 4.29. The third-order valence-corrected chi connectivity index (χ3v) is 4.17. The van der Waals surface area contributed by atoms with Crippen LogP contribution in [0.5, 0.6) is 0 Å². The van der Waals surface area contributed by atoms with E-state index in [9.17, 15) is 4.39 Å². The molecule has 0 radical (unpaired) electrons. The van der Waals surface area contributed by atoms with Crippen LogP contribution in [0.4, 0.5) is 10.1 Å². The Balaban J connectivity index is 2.26. The van der Waals surface area contributed by atoms with Crippen molar-refractivity contribution in [3.63, 3.8) is 0 Å². The normalized spacial score (nSPS) is 12.5. The molecule has 2 aromatic rings. The first kappa shape index (κ1) is 13.0. The van der Waals surface area contributed by atoms with Gasteiger partial charge in [0, 0.05) is 4.88 Å². The van der Waals surface area contributed by atoms with Crippen LogP contribution >= 0.6 is 11.3 Å². The molecule has 1 aromatic heterocycles. The number of nitrogens with zero attached hydrogens (tertiary/aromatic N) is 1. The van der Waals surface area contributed by atoms with E-state index in [1.54, 1.807) is 17.4 Å². The molecule has 0 fully saturated rings. The van der Waals surface area contributed by atoms with E-state index in [1.807, 2.05) is 33.8 Å². The van der Waals surface area contributed by atoms with Gasteiger partial charge in [0.15, 0.2) is 0 Å². The lowest BCUT2D eigenvalue weighted by atomic mass is 10.1. The molecule has 18 heavy (non-hydrogen) atoms. The van der Waals surface area contributed by atoms with Gasteiger partial charge in [-0.05, 0) is 39.3 Å². The molecule has 1 heterocycles. The number of aryl methyl sites for hydroxylation is 3. The van der Waals surface area contributed by atoms with Crippen molar-refractivity contribution in [2.24, 2.45) is 0 Å². The molecule has 96 valence electrons. The summed E-state index contributed by atoms with van der Waals surface area (Å²) in [6.07, 6.45) is 0. The first-order valence-electron chi connectivity index (χ1n) is 5.94. The van der Waals surface area contributed by atoms with E-state index < -0.39 is 0 Å². The van der Waals surface area contributed by atoms with Crippen LogP contribution in [0.15, 0.2) is 18.2 Å². The van der Waals surface area contributed by atoms with Crippen molar-refractivity contribution >= 4 is 17.0 Å². The average molecular weight is 264 g/mol. The minimum Gasteiger partial charge on any atom is -0.375 e. The highest BCUT2D eigenvalue weighted by molar-refractivity contribution is 7.11. The molecule has 1 aromatic carbocycles. The number of aromatic nitrogens is 1. The number of para-hydroxylation sites is 1. The second-order valence-corrected chi connectivity index (χ2v) is 5.72. The van der Waals surface area contributed by atoms with Gasteiger partial charge in [-0.1, -0.05) is 12.1 Å². The summed E-state index contributed by atoms with van der Waals surface area (Å²) in [7, 11) is 0. The van der Waals surface area contributed by atoms with Gasteiger partial charge in [0.1, 0.15) is 5.82 Å². The van der Waals surface area contributed by atoms with Crippen molar-refractivity contribution in [1.82, 2.24) is 4.98 Å². The van der Waals surface area contributed by atoms with Gasteiger partial charge in [0.2, 0.25) is 0 Å². The molecule has 1 atom stereocenters. The van der Waals surface area contributed by atoms with Crippen molar-refractivity contribution in [3.8, 4) is 0 Å². The zero-order chi connectivity index (χ0) is 13.3. The molecule has 1 unspecified atom stereocenters. The molecule has 0 amide bonds. The van der Waals surface area contributed by atoms with Gasteiger partial charge >= 0.3 is 0 Å². The van der Waals surface area contributed by atoms with E-state index >= 15 is 0 Å². The fourth-order valence-corrected chi connectivity index (χ4v) is 2.98. The number of anilines is 1. The summed E-state index contributed by atoms with van der Waals surface area (Å²) >= 11 is 1.66. The highest BCUT2D eigenvalue weighted by Crippen LogP contribution is 2.29. The Kier molecular flexibility index (Phi) is 3.66. The minimum absolute atomic E-state index is 0.0619. The maximum absolute atomic E-state index is 13.8. The zero-order valence-electron chi connectivity index (χ0n) is 11.0. The molecular formula is C14H17FN2S. The van der Waals surface area contributed by atoms with E-state index in [0.717, 1.165) is 21.1 Å². The number of hydrogen-bond donors (Lipinski definition) is 1. The van der Waals surface area contributed by atoms with Crippen molar-refractivity contribution < 1.29 is 4.39 Å². The number of benzene rings is 1. The van der Waals surface area contributed by atoms with E-state index in [-0.39, 0.29) is 11.9 Å². The van der Waals surface area contributed by atoms with Crippen LogP contribution in [0.1, 0.15) is 34.1 Å². The second kappa shape index (κ2) is 5.06. The number of nitrogens with one attached hydrogen (secondary N) is 1. The SMILES string of the molecule is Cc1nc(C)c(C(C)Nc2c(C)cccc2F)s1. The van der Waals surface area contributed by atoms with Gasteiger partial charge in [-0.2, -0.15) is 0 Å². The molecule has 0 aliphatic carbocycles. The second-order valence-electron chi connectivity index (χ2n) is 4.48. The Labute approximate surface area is 111 Å². The lowest BCUT2D eigenvalue weighted by Crippen LogP contribution is -2.09. The van der Waals surface area contributed by atoms with E-state index in [4.69, 9.17) is 0 Å². The number of rotatable bonds is 3. The summed E-state index contributed by atoms with van der Waals surface area (Å²) in [5.41, 5.74) is 2.52. The molecule has 1 N–H and O–H groups in total. The van der Waals surface area contributed by atoms with Gasteiger partial charge in [0.25, 0.3) is 0 Å². The molecule has 0 aliphatic rings. The van der Waals surface area contributed by atoms with Gasteiger partial charge in [-0.3, -0.25) is 0 Å². The Hall–Kier alpha value is -1.42. The quantitative estimate of drug-likeness (QED) is 0.889. The van der Waals surface area contributed by atoms with Gasteiger partial charge < -0.3 is 5.32 Å². The molecule has 0 bridgehead atoms. The topological polar surface area (TPSA) is 24.9 Å². The molecule has 4 heteroatoms. The third kappa shape index (κ3) is 2.53. The molecule has 0 saturated carbocycles. The molecule has 2 nitrogen and oxygen atoms in total. The molecular weight excluding hydrogens is 247 g/mol. The standard InChI is InChI=1S/C14H17FN2S/c1-8-6-5-7-12(15)13(8)17-10(3)14-9(2)16-11(4)18-14/h5-7,10,17H,1-4H3. The minimum atomic E-state index is -0.208. The smallest absolute Gasteiger partial charge is 0.146 e.